The van der Waals surface area contributed by atoms with Crippen LogP contribution in [0, 0.1) is 0 Å². The van der Waals surface area contributed by atoms with Crippen LogP contribution < -0.4 is 20.0 Å². The van der Waals surface area contributed by atoms with Crippen molar-refractivity contribution in [1.29, 1.82) is 0 Å². The van der Waals surface area contributed by atoms with E-state index in [1.54, 1.807) is 12.1 Å². The summed E-state index contributed by atoms with van der Waals surface area (Å²) in [6.45, 7) is 0. The molecule has 7 heteroatoms. The van der Waals surface area contributed by atoms with Crippen molar-refractivity contribution >= 4 is 10.0 Å². The van der Waals surface area contributed by atoms with E-state index in [1.165, 1.54) is 36.4 Å². The Bertz CT molecular complexity index is 650. The van der Waals surface area contributed by atoms with Gasteiger partial charge in [0.1, 0.15) is 17.2 Å². The third kappa shape index (κ3) is 3.44. The van der Waals surface area contributed by atoms with Crippen LogP contribution in [0.1, 0.15) is 0 Å². The van der Waals surface area contributed by atoms with E-state index >= 15 is 0 Å². The minimum Gasteiger partial charge on any atom is -0.664 e. The molecule has 0 saturated heterocycles. The highest BCUT2D eigenvalue weighted by Gasteiger charge is 2.07. The predicted molar refractivity (Wildman–Crippen MR) is 65.0 cm³/mol. The number of nitrogens with two attached hydrogens (primary N) is 1. The van der Waals surface area contributed by atoms with Crippen LogP contribution in [-0.4, -0.2) is 8.42 Å². The molecule has 0 aliphatic carbocycles. The topological polar surface area (TPSA) is 102 Å². The molecule has 0 heterocycles. The molecule has 0 bridgehead atoms. The van der Waals surface area contributed by atoms with Crippen LogP contribution >= 0.6 is 0 Å². The van der Waals surface area contributed by atoms with Gasteiger partial charge >= 0.3 is 0 Å². The van der Waals surface area contributed by atoms with Gasteiger partial charge < -0.3 is 14.9 Å². The fourth-order valence-corrected chi connectivity index (χ4v) is 1.91. The van der Waals surface area contributed by atoms with Gasteiger partial charge in [-0.2, -0.15) is 0 Å². The molecule has 0 aliphatic rings. The van der Waals surface area contributed by atoms with E-state index in [0.29, 0.717) is 11.5 Å². The second kappa shape index (κ2) is 5.27. The van der Waals surface area contributed by atoms with Gasteiger partial charge in [0, 0.05) is 0 Å². The molecule has 0 saturated carbocycles. The minimum absolute atomic E-state index is 0.00922. The summed E-state index contributed by atoms with van der Waals surface area (Å²) >= 11 is 0. The highest BCUT2D eigenvalue weighted by atomic mass is 32.2. The first-order valence-electron chi connectivity index (χ1n) is 5.19. The average molecular weight is 280 g/mol. The normalized spacial score (nSPS) is 11.1. The van der Waals surface area contributed by atoms with Crippen molar-refractivity contribution in [3.05, 3.63) is 48.5 Å². The molecule has 0 spiro atoms. The fourth-order valence-electron chi connectivity index (χ4n) is 1.40. The first kappa shape index (κ1) is 13.3. The lowest BCUT2D eigenvalue weighted by Gasteiger charge is -2.09. The van der Waals surface area contributed by atoms with Gasteiger partial charge in [-0.15, -0.1) is 0 Å². The summed E-state index contributed by atoms with van der Waals surface area (Å²) in [6, 6.07) is 11.7. The van der Waals surface area contributed by atoms with Crippen molar-refractivity contribution in [2.24, 2.45) is 5.14 Å². The Morgan fingerprint density at radius 1 is 0.842 bits per heavy atom. The Morgan fingerprint density at radius 3 is 1.68 bits per heavy atom. The Hall–Kier alpha value is -2.09. The molecule has 19 heavy (non-hydrogen) atoms. The van der Waals surface area contributed by atoms with E-state index in [2.05, 4.69) is 4.89 Å². The first-order chi connectivity index (χ1) is 8.99. The lowest BCUT2D eigenvalue weighted by Crippen LogP contribution is -2.11. The van der Waals surface area contributed by atoms with Crippen molar-refractivity contribution in [2.75, 3.05) is 0 Å². The summed E-state index contributed by atoms with van der Waals surface area (Å²) in [5, 5.41) is 15.1. The van der Waals surface area contributed by atoms with Crippen LogP contribution in [0.4, 0.5) is 0 Å². The van der Waals surface area contributed by atoms with Crippen molar-refractivity contribution in [1.82, 2.24) is 0 Å². The summed E-state index contributed by atoms with van der Waals surface area (Å²) < 4.78 is 27.6. The number of hydrogen-bond donors (Lipinski definition) is 1. The van der Waals surface area contributed by atoms with Gasteiger partial charge in [-0.05, 0) is 48.5 Å². The zero-order valence-electron chi connectivity index (χ0n) is 9.65. The first-order valence-corrected chi connectivity index (χ1v) is 6.74. The van der Waals surface area contributed by atoms with Crippen LogP contribution in [0.15, 0.2) is 53.4 Å². The third-order valence-corrected chi connectivity index (χ3v) is 3.24. The predicted octanol–water partition coefficient (Wildman–Crippen LogP) is 0.780. The van der Waals surface area contributed by atoms with Gasteiger partial charge in [-0.1, -0.05) is 0 Å². The number of rotatable bonds is 4. The summed E-state index contributed by atoms with van der Waals surface area (Å²) in [5.74, 6) is 1.12. The third-order valence-electron chi connectivity index (χ3n) is 2.31. The lowest BCUT2D eigenvalue weighted by molar-refractivity contribution is -0.635. The molecule has 2 rings (SSSR count). The van der Waals surface area contributed by atoms with Gasteiger partial charge in [-0.25, -0.2) is 13.6 Å². The summed E-state index contributed by atoms with van der Waals surface area (Å²) in [6.07, 6.45) is 0. The monoisotopic (exact) mass is 280 g/mol. The maximum absolute atomic E-state index is 11.1. The Balaban J connectivity index is 2.15. The van der Waals surface area contributed by atoms with Crippen molar-refractivity contribution in [2.45, 2.75) is 4.90 Å². The van der Waals surface area contributed by atoms with E-state index in [9.17, 15) is 13.7 Å². The molecule has 0 radical (unpaired) electrons. The van der Waals surface area contributed by atoms with Crippen molar-refractivity contribution in [3.8, 4) is 17.2 Å². The van der Waals surface area contributed by atoms with Crippen molar-refractivity contribution < 1.29 is 23.3 Å². The average Bonchev–Trinajstić information content (AvgIpc) is 2.39. The molecule has 2 aromatic carbocycles. The number of hydrogen-bond acceptors (Lipinski definition) is 5. The SMILES string of the molecule is NS(=O)(=O)c1ccc(Oc2ccc(O[O-])cc2)cc1. The summed E-state index contributed by atoms with van der Waals surface area (Å²) in [5.41, 5.74) is 0. The van der Waals surface area contributed by atoms with E-state index in [4.69, 9.17) is 9.88 Å². The summed E-state index contributed by atoms with van der Waals surface area (Å²) in [4.78, 5) is 3.80. The molecular weight excluding hydrogens is 270 g/mol. The van der Waals surface area contributed by atoms with Crippen LogP contribution in [0.5, 0.6) is 17.2 Å². The van der Waals surface area contributed by atoms with Gasteiger partial charge in [-0.3, -0.25) is 0 Å². The molecule has 2 N–H and O–H groups in total. The second-order valence-corrected chi connectivity index (χ2v) is 5.23. The van der Waals surface area contributed by atoms with Gasteiger partial charge in [0.2, 0.25) is 10.0 Å². The van der Waals surface area contributed by atoms with Gasteiger partial charge in [0.15, 0.2) is 0 Å². The van der Waals surface area contributed by atoms with E-state index in [-0.39, 0.29) is 10.6 Å². The molecule has 2 aromatic rings. The molecule has 0 fully saturated rings. The molecule has 0 aromatic heterocycles. The molecule has 100 valence electrons. The summed E-state index contributed by atoms with van der Waals surface area (Å²) in [7, 11) is -3.71. The van der Waals surface area contributed by atoms with Crippen LogP contribution in [-0.2, 0) is 10.0 Å². The zero-order chi connectivity index (χ0) is 13.9. The minimum atomic E-state index is -3.71. The van der Waals surface area contributed by atoms with Crippen LogP contribution in [0.25, 0.3) is 0 Å². The highest BCUT2D eigenvalue weighted by Crippen LogP contribution is 2.24. The van der Waals surface area contributed by atoms with Crippen LogP contribution in [0.2, 0.25) is 0 Å². The Labute approximate surface area is 110 Å². The Kier molecular flexibility index (Phi) is 3.70. The molecular formula is C12H10NO5S-. The van der Waals surface area contributed by atoms with E-state index in [0.717, 1.165) is 0 Å². The number of primary sulfonamides is 1. The highest BCUT2D eigenvalue weighted by molar-refractivity contribution is 7.89. The van der Waals surface area contributed by atoms with E-state index in [1.807, 2.05) is 0 Å². The molecule has 6 nitrogen and oxygen atoms in total. The van der Waals surface area contributed by atoms with Crippen molar-refractivity contribution in [3.63, 3.8) is 0 Å². The van der Waals surface area contributed by atoms with Crippen LogP contribution in [0.3, 0.4) is 0 Å². The molecule has 0 atom stereocenters. The molecule has 0 unspecified atom stereocenters. The second-order valence-electron chi connectivity index (χ2n) is 3.67. The maximum Gasteiger partial charge on any atom is 0.238 e. The zero-order valence-corrected chi connectivity index (χ0v) is 10.5. The quantitative estimate of drug-likeness (QED) is 0.658. The van der Waals surface area contributed by atoms with Gasteiger partial charge in [0.25, 0.3) is 0 Å². The Morgan fingerprint density at radius 2 is 1.26 bits per heavy atom. The largest absolute Gasteiger partial charge is 0.664 e. The number of ether oxygens (including phenoxy) is 1. The fraction of sp³-hybridized carbons (Fsp3) is 0. The number of benzene rings is 2. The van der Waals surface area contributed by atoms with E-state index < -0.39 is 10.0 Å². The standard InChI is InChI=1S/C12H11NO5S/c13-19(15,16)12-7-5-10(6-8-12)17-9-1-3-11(18-14)4-2-9/h1-8,14H,(H2,13,15,16)/p-1. The number of sulfonamides is 1. The lowest BCUT2D eigenvalue weighted by atomic mass is 10.3. The van der Waals surface area contributed by atoms with Gasteiger partial charge in [0.05, 0.1) is 4.90 Å². The molecule has 0 aliphatic heterocycles. The maximum atomic E-state index is 11.1. The smallest absolute Gasteiger partial charge is 0.238 e. The molecule has 0 amide bonds.